The number of nitrogens with two attached hydrogens (primary N) is 1. The molecule has 22 heavy (non-hydrogen) atoms. The maximum absolute atomic E-state index is 5.75. The highest BCUT2D eigenvalue weighted by Crippen LogP contribution is 2.26. The summed E-state index contributed by atoms with van der Waals surface area (Å²) in [6, 6.07) is 16.4. The van der Waals surface area contributed by atoms with Crippen LogP contribution in [0.15, 0.2) is 48.5 Å². The van der Waals surface area contributed by atoms with Crippen molar-refractivity contribution < 1.29 is 4.74 Å². The SMILES string of the molecule is Nc1ccc(OCCCCN2CCCc3ccccc32)cc1. The molecular weight excluding hydrogens is 272 g/mol. The van der Waals surface area contributed by atoms with Crippen molar-refractivity contribution in [2.24, 2.45) is 0 Å². The smallest absolute Gasteiger partial charge is 0.119 e. The highest BCUT2D eigenvalue weighted by Gasteiger charge is 2.15. The van der Waals surface area contributed by atoms with E-state index in [4.69, 9.17) is 10.5 Å². The number of aryl methyl sites for hydroxylation is 1. The molecule has 0 radical (unpaired) electrons. The van der Waals surface area contributed by atoms with Crippen molar-refractivity contribution in [2.45, 2.75) is 25.7 Å². The van der Waals surface area contributed by atoms with Gasteiger partial charge in [0.2, 0.25) is 0 Å². The van der Waals surface area contributed by atoms with E-state index in [1.807, 2.05) is 24.3 Å². The second-order valence-electron chi connectivity index (χ2n) is 5.84. The van der Waals surface area contributed by atoms with Gasteiger partial charge in [-0.1, -0.05) is 18.2 Å². The Bertz CT molecular complexity index is 595. The topological polar surface area (TPSA) is 38.5 Å². The van der Waals surface area contributed by atoms with Crippen molar-refractivity contribution in [3.05, 3.63) is 54.1 Å². The average molecular weight is 296 g/mol. The number of ether oxygens (including phenoxy) is 1. The van der Waals surface area contributed by atoms with Gasteiger partial charge in [0.05, 0.1) is 6.61 Å². The van der Waals surface area contributed by atoms with Gasteiger partial charge >= 0.3 is 0 Å². The first kappa shape index (κ1) is 14.8. The van der Waals surface area contributed by atoms with Gasteiger partial charge in [0.15, 0.2) is 0 Å². The Morgan fingerprint density at radius 2 is 1.82 bits per heavy atom. The Hall–Kier alpha value is -2.16. The molecule has 0 bridgehead atoms. The summed E-state index contributed by atoms with van der Waals surface area (Å²) < 4.78 is 5.75. The fourth-order valence-electron chi connectivity index (χ4n) is 3.00. The largest absolute Gasteiger partial charge is 0.494 e. The highest BCUT2D eigenvalue weighted by atomic mass is 16.5. The second-order valence-corrected chi connectivity index (χ2v) is 5.84. The van der Waals surface area contributed by atoms with Gasteiger partial charge in [0.25, 0.3) is 0 Å². The van der Waals surface area contributed by atoms with Gasteiger partial charge in [-0.25, -0.2) is 0 Å². The number of hydrogen-bond acceptors (Lipinski definition) is 3. The van der Waals surface area contributed by atoms with Crippen LogP contribution in [0, 0.1) is 0 Å². The van der Waals surface area contributed by atoms with Gasteiger partial charge < -0.3 is 15.4 Å². The Balaban J connectivity index is 1.41. The van der Waals surface area contributed by atoms with Crippen LogP contribution in [-0.4, -0.2) is 19.7 Å². The summed E-state index contributed by atoms with van der Waals surface area (Å²) in [5, 5.41) is 0. The molecule has 2 N–H and O–H groups in total. The van der Waals surface area contributed by atoms with Crippen LogP contribution in [0.1, 0.15) is 24.8 Å². The summed E-state index contributed by atoms with van der Waals surface area (Å²) >= 11 is 0. The van der Waals surface area contributed by atoms with Gasteiger partial charge in [-0.2, -0.15) is 0 Å². The van der Waals surface area contributed by atoms with E-state index in [1.54, 1.807) is 0 Å². The zero-order valence-corrected chi connectivity index (χ0v) is 13.0. The van der Waals surface area contributed by atoms with E-state index < -0.39 is 0 Å². The third-order valence-electron chi connectivity index (χ3n) is 4.18. The highest BCUT2D eigenvalue weighted by molar-refractivity contribution is 5.55. The van der Waals surface area contributed by atoms with Crippen LogP contribution in [0.5, 0.6) is 5.75 Å². The van der Waals surface area contributed by atoms with Crippen LogP contribution in [0.4, 0.5) is 11.4 Å². The van der Waals surface area contributed by atoms with E-state index in [1.165, 1.54) is 30.6 Å². The van der Waals surface area contributed by atoms with E-state index in [2.05, 4.69) is 29.2 Å². The van der Waals surface area contributed by atoms with E-state index >= 15 is 0 Å². The Morgan fingerprint density at radius 1 is 1.00 bits per heavy atom. The number of para-hydroxylation sites is 1. The zero-order valence-electron chi connectivity index (χ0n) is 13.0. The van der Waals surface area contributed by atoms with Crippen molar-refractivity contribution in [2.75, 3.05) is 30.3 Å². The van der Waals surface area contributed by atoms with Crippen LogP contribution < -0.4 is 15.4 Å². The third kappa shape index (κ3) is 3.73. The Morgan fingerprint density at radius 3 is 2.68 bits per heavy atom. The van der Waals surface area contributed by atoms with E-state index in [0.29, 0.717) is 0 Å². The lowest BCUT2D eigenvalue weighted by molar-refractivity contribution is 0.307. The number of anilines is 2. The molecular formula is C19H24N2O. The molecule has 3 rings (SSSR count). The zero-order chi connectivity index (χ0) is 15.2. The molecule has 0 aromatic heterocycles. The summed E-state index contributed by atoms with van der Waals surface area (Å²) in [7, 11) is 0. The minimum Gasteiger partial charge on any atom is -0.494 e. The number of nitrogens with zero attached hydrogens (tertiary/aromatic N) is 1. The maximum Gasteiger partial charge on any atom is 0.119 e. The molecule has 3 nitrogen and oxygen atoms in total. The van der Waals surface area contributed by atoms with E-state index in [9.17, 15) is 0 Å². The standard InChI is InChI=1S/C19H24N2O/c20-17-9-11-18(12-10-17)22-15-4-3-13-21-14-5-7-16-6-1-2-8-19(16)21/h1-2,6,8-12H,3-5,7,13-15,20H2. The summed E-state index contributed by atoms with van der Waals surface area (Å²) in [5.74, 6) is 0.900. The lowest BCUT2D eigenvalue weighted by atomic mass is 10.0. The van der Waals surface area contributed by atoms with Crippen molar-refractivity contribution in [3.63, 3.8) is 0 Å². The number of benzene rings is 2. The lowest BCUT2D eigenvalue weighted by Gasteiger charge is -2.31. The van der Waals surface area contributed by atoms with E-state index in [0.717, 1.165) is 37.4 Å². The normalized spacial score (nSPS) is 13.7. The fraction of sp³-hybridized carbons (Fsp3) is 0.368. The van der Waals surface area contributed by atoms with Gasteiger partial charge in [-0.05, 0) is 61.6 Å². The van der Waals surface area contributed by atoms with Crippen LogP contribution in [0.25, 0.3) is 0 Å². The molecule has 0 aliphatic carbocycles. The van der Waals surface area contributed by atoms with Gasteiger partial charge in [0, 0.05) is 24.5 Å². The van der Waals surface area contributed by atoms with Crippen molar-refractivity contribution >= 4 is 11.4 Å². The first-order valence-corrected chi connectivity index (χ1v) is 8.14. The molecule has 116 valence electrons. The first-order chi connectivity index (χ1) is 10.8. The third-order valence-corrected chi connectivity index (χ3v) is 4.18. The summed E-state index contributed by atoms with van der Waals surface area (Å²) in [5.41, 5.74) is 9.35. The molecule has 1 heterocycles. The number of fused-ring (bicyclic) bond motifs is 1. The van der Waals surface area contributed by atoms with Crippen LogP contribution in [0.2, 0.25) is 0 Å². The van der Waals surface area contributed by atoms with Crippen LogP contribution in [0.3, 0.4) is 0 Å². The number of unbranched alkanes of at least 4 members (excludes halogenated alkanes) is 1. The summed E-state index contributed by atoms with van der Waals surface area (Å²) in [6.45, 7) is 3.05. The quantitative estimate of drug-likeness (QED) is 0.649. The van der Waals surface area contributed by atoms with Crippen molar-refractivity contribution in [3.8, 4) is 5.75 Å². The molecule has 1 aliphatic heterocycles. The maximum atomic E-state index is 5.75. The Kier molecular flexibility index (Phi) is 4.84. The van der Waals surface area contributed by atoms with Crippen molar-refractivity contribution in [1.82, 2.24) is 0 Å². The Labute approximate surface area is 132 Å². The molecule has 0 unspecified atom stereocenters. The molecule has 3 heteroatoms. The average Bonchev–Trinajstić information content (AvgIpc) is 2.56. The second kappa shape index (κ2) is 7.21. The van der Waals surface area contributed by atoms with E-state index in [-0.39, 0.29) is 0 Å². The monoisotopic (exact) mass is 296 g/mol. The first-order valence-electron chi connectivity index (χ1n) is 8.14. The predicted octanol–water partition coefficient (Wildman–Crippen LogP) is 3.88. The van der Waals surface area contributed by atoms with Crippen LogP contribution in [-0.2, 0) is 6.42 Å². The molecule has 1 aliphatic rings. The van der Waals surface area contributed by atoms with Gasteiger partial charge in [0.1, 0.15) is 5.75 Å². The summed E-state index contributed by atoms with van der Waals surface area (Å²) in [6.07, 6.45) is 4.71. The molecule has 2 aromatic rings. The van der Waals surface area contributed by atoms with Gasteiger partial charge in [-0.15, -0.1) is 0 Å². The molecule has 0 amide bonds. The molecule has 0 saturated heterocycles. The molecule has 0 spiro atoms. The minimum atomic E-state index is 0.763. The predicted molar refractivity (Wildman–Crippen MR) is 92.6 cm³/mol. The number of hydrogen-bond donors (Lipinski definition) is 1. The number of nitrogen functional groups attached to an aromatic ring is 1. The number of rotatable bonds is 6. The van der Waals surface area contributed by atoms with Crippen LogP contribution >= 0.6 is 0 Å². The van der Waals surface area contributed by atoms with Crippen molar-refractivity contribution in [1.29, 1.82) is 0 Å². The molecule has 0 fully saturated rings. The van der Waals surface area contributed by atoms with Gasteiger partial charge in [-0.3, -0.25) is 0 Å². The molecule has 2 aromatic carbocycles. The fourth-order valence-corrected chi connectivity index (χ4v) is 3.00. The minimum absolute atomic E-state index is 0.763. The molecule has 0 atom stereocenters. The summed E-state index contributed by atoms with van der Waals surface area (Å²) in [4.78, 5) is 2.52. The molecule has 0 saturated carbocycles. The lowest BCUT2D eigenvalue weighted by Crippen LogP contribution is -2.30.